The molecule has 0 fully saturated rings. The van der Waals surface area contributed by atoms with Gasteiger partial charge in [-0.15, -0.1) is 0 Å². The number of carbonyl (C=O) groups excluding carboxylic acids is 1. The number of aryl methyl sites for hydroxylation is 1. The Morgan fingerprint density at radius 2 is 1.95 bits per heavy atom. The second kappa shape index (κ2) is 5.71. The molecule has 1 aromatic carbocycles. The van der Waals surface area contributed by atoms with Crippen LogP contribution in [0.15, 0.2) is 40.3 Å². The fourth-order valence-corrected chi connectivity index (χ4v) is 2.43. The lowest BCUT2D eigenvalue weighted by atomic mass is 10.3. The number of nitrogens with two attached hydrogens (primary N) is 1. The zero-order chi connectivity index (χ0) is 13.8. The Kier molecular flexibility index (Phi) is 4.01. The van der Waals surface area contributed by atoms with Crippen LogP contribution in [0.5, 0.6) is 0 Å². The average molecular weight is 274 g/mol. The molecule has 1 amide bonds. The molecule has 0 aliphatic rings. The number of amides is 1. The molecular formula is C13H14N4OS. The van der Waals surface area contributed by atoms with Crippen LogP contribution in [-0.4, -0.2) is 15.9 Å². The van der Waals surface area contributed by atoms with Crippen LogP contribution in [0.25, 0.3) is 0 Å². The summed E-state index contributed by atoms with van der Waals surface area (Å²) in [5, 5.41) is 3.52. The first kappa shape index (κ1) is 13.4. The number of rotatable bonds is 3. The number of nitrogens with one attached hydrogen (secondary N) is 1. The molecule has 0 atom stereocenters. The van der Waals surface area contributed by atoms with Crippen LogP contribution in [0.2, 0.25) is 0 Å². The first-order valence-corrected chi connectivity index (χ1v) is 6.51. The van der Waals surface area contributed by atoms with Gasteiger partial charge in [0.2, 0.25) is 11.9 Å². The second-order valence-electron chi connectivity index (χ2n) is 4.01. The number of aromatic nitrogens is 2. The van der Waals surface area contributed by atoms with Crippen LogP contribution in [0.4, 0.5) is 11.6 Å². The van der Waals surface area contributed by atoms with Gasteiger partial charge in [-0.1, -0.05) is 11.8 Å². The Hall–Kier alpha value is -2.08. The third-order valence-corrected chi connectivity index (χ3v) is 3.17. The lowest BCUT2D eigenvalue weighted by Gasteiger charge is -2.05. The molecule has 1 aromatic heterocycles. The van der Waals surface area contributed by atoms with Crippen molar-refractivity contribution in [3.63, 3.8) is 0 Å². The van der Waals surface area contributed by atoms with E-state index in [9.17, 15) is 4.79 Å². The fraction of sp³-hybridized carbons (Fsp3) is 0.154. The molecule has 1 heterocycles. The van der Waals surface area contributed by atoms with Crippen molar-refractivity contribution in [2.45, 2.75) is 23.8 Å². The molecule has 0 bridgehead atoms. The van der Waals surface area contributed by atoms with E-state index in [4.69, 9.17) is 5.73 Å². The van der Waals surface area contributed by atoms with Gasteiger partial charge in [-0.05, 0) is 37.3 Å². The summed E-state index contributed by atoms with van der Waals surface area (Å²) in [6, 6.07) is 9.41. The van der Waals surface area contributed by atoms with Gasteiger partial charge in [-0.3, -0.25) is 4.79 Å². The van der Waals surface area contributed by atoms with E-state index in [1.54, 1.807) is 0 Å². The SMILES string of the molecule is CC(=O)Nc1ccc(Sc2cc(C)nc(N)n2)cc1. The van der Waals surface area contributed by atoms with E-state index in [0.29, 0.717) is 0 Å². The summed E-state index contributed by atoms with van der Waals surface area (Å²) in [5.74, 6) is 0.192. The molecule has 0 aliphatic carbocycles. The van der Waals surface area contributed by atoms with E-state index < -0.39 is 0 Å². The van der Waals surface area contributed by atoms with Crippen molar-refractivity contribution in [1.29, 1.82) is 0 Å². The highest BCUT2D eigenvalue weighted by molar-refractivity contribution is 7.99. The summed E-state index contributed by atoms with van der Waals surface area (Å²) in [7, 11) is 0. The van der Waals surface area contributed by atoms with Gasteiger partial charge in [0.25, 0.3) is 0 Å². The molecule has 0 saturated carbocycles. The number of hydrogen-bond acceptors (Lipinski definition) is 5. The van der Waals surface area contributed by atoms with Gasteiger partial charge < -0.3 is 11.1 Å². The van der Waals surface area contributed by atoms with Crippen molar-refractivity contribution in [3.05, 3.63) is 36.0 Å². The lowest BCUT2D eigenvalue weighted by Crippen LogP contribution is -2.05. The normalized spacial score (nSPS) is 10.2. The lowest BCUT2D eigenvalue weighted by molar-refractivity contribution is -0.114. The van der Waals surface area contributed by atoms with Crippen molar-refractivity contribution < 1.29 is 4.79 Å². The molecule has 19 heavy (non-hydrogen) atoms. The topological polar surface area (TPSA) is 80.9 Å². The van der Waals surface area contributed by atoms with Crippen molar-refractivity contribution in [2.75, 3.05) is 11.1 Å². The predicted molar refractivity (Wildman–Crippen MR) is 76.1 cm³/mol. The maximum absolute atomic E-state index is 10.9. The Bertz CT molecular complexity index is 578. The van der Waals surface area contributed by atoms with Gasteiger partial charge in [-0.25, -0.2) is 9.97 Å². The molecule has 0 unspecified atom stereocenters. The largest absolute Gasteiger partial charge is 0.368 e. The van der Waals surface area contributed by atoms with E-state index in [1.165, 1.54) is 18.7 Å². The zero-order valence-corrected chi connectivity index (χ0v) is 11.5. The van der Waals surface area contributed by atoms with E-state index in [1.807, 2.05) is 37.3 Å². The minimum Gasteiger partial charge on any atom is -0.368 e. The Morgan fingerprint density at radius 3 is 2.53 bits per heavy atom. The highest BCUT2D eigenvalue weighted by atomic mass is 32.2. The predicted octanol–water partition coefficient (Wildman–Crippen LogP) is 2.48. The molecule has 0 spiro atoms. The quantitative estimate of drug-likeness (QED) is 0.840. The van der Waals surface area contributed by atoms with E-state index in [0.717, 1.165) is 21.3 Å². The second-order valence-corrected chi connectivity index (χ2v) is 5.11. The maximum atomic E-state index is 10.9. The van der Waals surface area contributed by atoms with Gasteiger partial charge in [0, 0.05) is 23.2 Å². The van der Waals surface area contributed by atoms with Crippen LogP contribution in [-0.2, 0) is 4.79 Å². The van der Waals surface area contributed by atoms with Crippen molar-refractivity contribution in [1.82, 2.24) is 9.97 Å². The molecule has 6 heteroatoms. The molecule has 98 valence electrons. The standard InChI is InChI=1S/C13H14N4OS/c1-8-7-12(17-13(14)15-8)19-11-5-3-10(4-6-11)16-9(2)18/h3-7H,1-2H3,(H,16,18)(H2,14,15,17). The van der Waals surface area contributed by atoms with Crippen LogP contribution in [0.3, 0.4) is 0 Å². The summed E-state index contributed by atoms with van der Waals surface area (Å²) in [4.78, 5) is 20.1. The molecule has 2 aromatic rings. The summed E-state index contributed by atoms with van der Waals surface area (Å²) in [5.41, 5.74) is 7.22. The zero-order valence-electron chi connectivity index (χ0n) is 10.7. The minimum atomic E-state index is -0.0837. The molecule has 2 rings (SSSR count). The third kappa shape index (κ3) is 3.96. The molecule has 0 saturated heterocycles. The van der Waals surface area contributed by atoms with Crippen LogP contribution >= 0.6 is 11.8 Å². The highest BCUT2D eigenvalue weighted by Gasteiger charge is 2.03. The Labute approximate surface area is 115 Å². The summed E-state index contributed by atoms with van der Waals surface area (Å²) in [6.07, 6.45) is 0. The number of nitrogens with zero attached hydrogens (tertiary/aromatic N) is 2. The molecular weight excluding hydrogens is 260 g/mol. The van der Waals surface area contributed by atoms with Crippen LogP contribution in [0, 0.1) is 6.92 Å². The minimum absolute atomic E-state index is 0.0837. The summed E-state index contributed by atoms with van der Waals surface area (Å²) < 4.78 is 0. The van der Waals surface area contributed by atoms with Crippen LogP contribution in [0.1, 0.15) is 12.6 Å². The summed E-state index contributed by atoms with van der Waals surface area (Å²) in [6.45, 7) is 3.36. The smallest absolute Gasteiger partial charge is 0.221 e. The van der Waals surface area contributed by atoms with Crippen molar-refractivity contribution in [3.8, 4) is 0 Å². The molecule has 5 nitrogen and oxygen atoms in total. The Balaban J connectivity index is 2.12. The van der Waals surface area contributed by atoms with Crippen molar-refractivity contribution in [2.24, 2.45) is 0 Å². The van der Waals surface area contributed by atoms with Gasteiger partial charge in [-0.2, -0.15) is 0 Å². The monoisotopic (exact) mass is 274 g/mol. The number of benzene rings is 1. The van der Waals surface area contributed by atoms with Crippen LogP contribution < -0.4 is 11.1 Å². The van der Waals surface area contributed by atoms with Gasteiger partial charge in [0.1, 0.15) is 5.03 Å². The average Bonchev–Trinajstić information content (AvgIpc) is 2.29. The Morgan fingerprint density at radius 1 is 1.26 bits per heavy atom. The molecule has 3 N–H and O–H groups in total. The number of hydrogen-bond donors (Lipinski definition) is 2. The highest BCUT2D eigenvalue weighted by Crippen LogP contribution is 2.27. The third-order valence-electron chi connectivity index (χ3n) is 2.25. The van der Waals surface area contributed by atoms with Gasteiger partial charge in [0.05, 0.1) is 0 Å². The molecule has 0 aliphatic heterocycles. The van der Waals surface area contributed by atoms with Crippen molar-refractivity contribution >= 4 is 29.3 Å². The van der Waals surface area contributed by atoms with Gasteiger partial charge >= 0.3 is 0 Å². The van der Waals surface area contributed by atoms with E-state index in [2.05, 4.69) is 15.3 Å². The first-order valence-electron chi connectivity index (χ1n) is 5.69. The van der Waals surface area contributed by atoms with E-state index in [-0.39, 0.29) is 11.9 Å². The molecule has 0 radical (unpaired) electrons. The number of anilines is 2. The first-order chi connectivity index (χ1) is 9.02. The van der Waals surface area contributed by atoms with Gasteiger partial charge in [0.15, 0.2) is 0 Å². The maximum Gasteiger partial charge on any atom is 0.221 e. The fourth-order valence-electron chi connectivity index (χ4n) is 1.54. The number of nitrogen functional groups attached to an aromatic ring is 1. The van der Waals surface area contributed by atoms with E-state index >= 15 is 0 Å². The summed E-state index contributed by atoms with van der Waals surface area (Å²) >= 11 is 1.50. The number of carbonyl (C=O) groups is 1.